The van der Waals surface area contributed by atoms with Crippen LogP contribution in [0.5, 0.6) is 0 Å². The van der Waals surface area contributed by atoms with E-state index in [0.29, 0.717) is 17.2 Å². The maximum absolute atomic E-state index is 12.9. The molecule has 1 aliphatic rings. The van der Waals surface area contributed by atoms with Crippen LogP contribution in [0.3, 0.4) is 0 Å². The fraction of sp³-hybridized carbons (Fsp3) is 0.250. The van der Waals surface area contributed by atoms with Crippen LogP contribution in [0.15, 0.2) is 53.5 Å². The molecule has 1 atom stereocenters. The minimum absolute atomic E-state index is 0.105. The molecule has 1 heterocycles. The van der Waals surface area contributed by atoms with Crippen molar-refractivity contribution in [2.24, 2.45) is 4.99 Å². The summed E-state index contributed by atoms with van der Waals surface area (Å²) >= 11 is 0. The Hall–Kier alpha value is -2.95. The van der Waals surface area contributed by atoms with Gasteiger partial charge in [0.2, 0.25) is 0 Å². The van der Waals surface area contributed by atoms with Crippen molar-refractivity contribution in [3.8, 4) is 0 Å². The van der Waals surface area contributed by atoms with E-state index in [4.69, 9.17) is 0 Å². The van der Waals surface area contributed by atoms with E-state index in [9.17, 15) is 9.59 Å². The number of para-hydroxylation sites is 1. The number of rotatable bonds is 3. The summed E-state index contributed by atoms with van der Waals surface area (Å²) in [6, 6.07) is 15.2. The quantitative estimate of drug-likeness (QED) is 0.833. The van der Waals surface area contributed by atoms with Crippen LogP contribution in [0.1, 0.15) is 37.3 Å². The second-order valence-electron chi connectivity index (χ2n) is 5.99. The molecule has 0 bridgehead atoms. The number of aliphatic imine (C=N–C) groups is 1. The number of amides is 2. The van der Waals surface area contributed by atoms with Gasteiger partial charge in [-0.05, 0) is 36.1 Å². The SMILES string of the molecule is CCC(C)c1ccc(N2C(=O)/C(=N/C(=O)OC)c3ccccc32)cc1. The molecule has 1 aliphatic heterocycles. The summed E-state index contributed by atoms with van der Waals surface area (Å²) in [5.41, 5.74) is 3.43. The smallest absolute Gasteiger partial charge is 0.434 e. The first-order chi connectivity index (χ1) is 12.1. The van der Waals surface area contributed by atoms with Crippen LogP contribution in [0.2, 0.25) is 0 Å². The normalized spacial score (nSPS) is 16.0. The van der Waals surface area contributed by atoms with E-state index in [1.807, 2.05) is 42.5 Å². The summed E-state index contributed by atoms with van der Waals surface area (Å²) in [4.78, 5) is 29.8. The molecule has 5 nitrogen and oxygen atoms in total. The van der Waals surface area contributed by atoms with Crippen molar-refractivity contribution in [3.63, 3.8) is 0 Å². The zero-order chi connectivity index (χ0) is 18.0. The average molecular weight is 336 g/mol. The summed E-state index contributed by atoms with van der Waals surface area (Å²) in [6.45, 7) is 4.32. The molecule has 0 aliphatic carbocycles. The fourth-order valence-electron chi connectivity index (χ4n) is 2.89. The van der Waals surface area contributed by atoms with E-state index in [1.54, 1.807) is 11.0 Å². The lowest BCUT2D eigenvalue weighted by molar-refractivity contribution is -0.111. The Labute approximate surface area is 146 Å². The number of ether oxygens (including phenoxy) is 1. The van der Waals surface area contributed by atoms with Crippen LogP contribution in [0.25, 0.3) is 0 Å². The molecule has 2 aromatic rings. The highest BCUT2D eigenvalue weighted by Crippen LogP contribution is 2.36. The maximum atomic E-state index is 12.9. The van der Waals surface area contributed by atoms with Gasteiger partial charge in [-0.15, -0.1) is 0 Å². The van der Waals surface area contributed by atoms with Crippen molar-refractivity contribution < 1.29 is 14.3 Å². The zero-order valence-electron chi connectivity index (χ0n) is 14.5. The molecule has 2 amide bonds. The van der Waals surface area contributed by atoms with Crippen molar-refractivity contribution in [3.05, 3.63) is 59.7 Å². The van der Waals surface area contributed by atoms with Crippen molar-refractivity contribution in [1.82, 2.24) is 0 Å². The topological polar surface area (TPSA) is 59.0 Å². The third-order valence-electron chi connectivity index (χ3n) is 4.52. The Morgan fingerprint density at radius 1 is 1.16 bits per heavy atom. The van der Waals surface area contributed by atoms with E-state index in [-0.39, 0.29) is 11.6 Å². The predicted molar refractivity (Wildman–Crippen MR) is 97.7 cm³/mol. The Kier molecular flexibility index (Phi) is 4.65. The van der Waals surface area contributed by atoms with Gasteiger partial charge in [-0.25, -0.2) is 4.79 Å². The molecule has 0 radical (unpaired) electrons. The van der Waals surface area contributed by atoms with Gasteiger partial charge < -0.3 is 4.74 Å². The molecule has 3 rings (SSSR count). The highest BCUT2D eigenvalue weighted by Gasteiger charge is 2.35. The number of fused-ring (bicyclic) bond motifs is 1. The first-order valence-electron chi connectivity index (χ1n) is 8.27. The van der Waals surface area contributed by atoms with E-state index < -0.39 is 6.09 Å². The highest BCUT2D eigenvalue weighted by molar-refractivity contribution is 6.56. The predicted octanol–water partition coefficient (Wildman–Crippen LogP) is 4.43. The Bertz CT molecular complexity index is 840. The van der Waals surface area contributed by atoms with E-state index in [0.717, 1.165) is 12.1 Å². The minimum Gasteiger partial charge on any atom is -0.451 e. The lowest BCUT2D eigenvalue weighted by atomic mass is 9.98. The lowest BCUT2D eigenvalue weighted by Crippen LogP contribution is -2.26. The number of benzene rings is 2. The van der Waals surface area contributed by atoms with Gasteiger partial charge in [0.05, 0.1) is 12.8 Å². The summed E-state index contributed by atoms with van der Waals surface area (Å²) in [7, 11) is 1.24. The molecule has 0 N–H and O–H groups in total. The van der Waals surface area contributed by atoms with Crippen LogP contribution in [-0.2, 0) is 9.53 Å². The summed E-state index contributed by atoms with van der Waals surface area (Å²) in [5, 5.41) is 0. The van der Waals surface area contributed by atoms with Crippen LogP contribution in [0.4, 0.5) is 16.2 Å². The first kappa shape index (κ1) is 16.9. The third kappa shape index (κ3) is 3.05. The number of anilines is 2. The van der Waals surface area contributed by atoms with Crippen molar-refractivity contribution in [2.45, 2.75) is 26.2 Å². The molecular weight excluding hydrogens is 316 g/mol. The van der Waals surface area contributed by atoms with Crippen molar-refractivity contribution >= 4 is 29.1 Å². The van der Waals surface area contributed by atoms with Crippen LogP contribution < -0.4 is 4.90 Å². The van der Waals surface area contributed by atoms with Crippen molar-refractivity contribution in [1.29, 1.82) is 0 Å². The van der Waals surface area contributed by atoms with Gasteiger partial charge in [-0.3, -0.25) is 9.69 Å². The van der Waals surface area contributed by atoms with Crippen LogP contribution >= 0.6 is 0 Å². The monoisotopic (exact) mass is 336 g/mol. The fourth-order valence-corrected chi connectivity index (χ4v) is 2.89. The van der Waals surface area contributed by atoms with E-state index in [2.05, 4.69) is 23.6 Å². The summed E-state index contributed by atoms with van der Waals surface area (Å²) in [6.07, 6.45) is 0.271. The molecule has 128 valence electrons. The average Bonchev–Trinajstić information content (AvgIpc) is 2.93. The Morgan fingerprint density at radius 2 is 1.84 bits per heavy atom. The summed E-state index contributed by atoms with van der Waals surface area (Å²) < 4.78 is 4.57. The minimum atomic E-state index is -0.785. The maximum Gasteiger partial charge on any atom is 0.434 e. The number of nitrogens with zero attached hydrogens (tertiary/aromatic N) is 2. The van der Waals surface area contributed by atoms with Crippen molar-refractivity contribution in [2.75, 3.05) is 12.0 Å². The molecular formula is C20H20N2O3. The lowest BCUT2D eigenvalue weighted by Gasteiger charge is -2.18. The zero-order valence-corrected chi connectivity index (χ0v) is 14.5. The largest absolute Gasteiger partial charge is 0.451 e. The van der Waals surface area contributed by atoms with Gasteiger partial charge in [0.15, 0.2) is 0 Å². The number of hydrogen-bond donors (Lipinski definition) is 0. The van der Waals surface area contributed by atoms with Crippen LogP contribution in [0, 0.1) is 0 Å². The molecule has 25 heavy (non-hydrogen) atoms. The molecule has 0 aromatic heterocycles. The molecule has 1 unspecified atom stereocenters. The second kappa shape index (κ2) is 6.89. The number of carbonyl (C=O) groups is 2. The first-order valence-corrected chi connectivity index (χ1v) is 8.27. The van der Waals surface area contributed by atoms with Gasteiger partial charge in [0.25, 0.3) is 5.91 Å². The molecule has 0 fully saturated rings. The van der Waals surface area contributed by atoms with Crippen LogP contribution in [-0.4, -0.2) is 24.8 Å². The third-order valence-corrected chi connectivity index (χ3v) is 4.52. The standard InChI is InChI=1S/C20H20N2O3/c1-4-13(2)14-9-11-15(12-10-14)22-17-8-6-5-7-16(17)18(19(22)23)21-20(24)25-3/h5-13H,4H2,1-3H3/b21-18+. The Morgan fingerprint density at radius 3 is 2.48 bits per heavy atom. The number of carbonyl (C=O) groups excluding carboxylic acids is 2. The van der Waals surface area contributed by atoms with Gasteiger partial charge in [-0.1, -0.05) is 44.2 Å². The molecule has 2 aromatic carbocycles. The van der Waals surface area contributed by atoms with E-state index in [1.165, 1.54) is 12.7 Å². The van der Waals surface area contributed by atoms with Gasteiger partial charge in [-0.2, -0.15) is 4.99 Å². The van der Waals surface area contributed by atoms with Gasteiger partial charge >= 0.3 is 6.09 Å². The molecule has 5 heteroatoms. The summed E-state index contributed by atoms with van der Waals surface area (Å²) in [5.74, 6) is 0.134. The molecule has 0 saturated carbocycles. The highest BCUT2D eigenvalue weighted by atomic mass is 16.5. The Balaban J connectivity index is 2.04. The van der Waals surface area contributed by atoms with Gasteiger partial charge in [0, 0.05) is 11.3 Å². The number of hydrogen-bond acceptors (Lipinski definition) is 3. The second-order valence-corrected chi connectivity index (χ2v) is 5.99. The van der Waals surface area contributed by atoms with Gasteiger partial charge in [0.1, 0.15) is 5.71 Å². The number of methoxy groups -OCH3 is 1. The molecule has 0 saturated heterocycles. The molecule has 0 spiro atoms. The van der Waals surface area contributed by atoms with E-state index >= 15 is 0 Å².